The van der Waals surface area contributed by atoms with Gasteiger partial charge in [-0.2, -0.15) is 11.8 Å². The van der Waals surface area contributed by atoms with Crippen molar-refractivity contribution >= 4 is 41.4 Å². The van der Waals surface area contributed by atoms with Gasteiger partial charge in [0.1, 0.15) is 23.9 Å². The molecule has 13 nitrogen and oxygen atoms in total. The second-order valence-corrected chi connectivity index (χ2v) is 9.65. The summed E-state index contributed by atoms with van der Waals surface area (Å²) < 4.78 is 0. The first-order chi connectivity index (χ1) is 18.0. The third kappa shape index (κ3) is 12.3. The van der Waals surface area contributed by atoms with Gasteiger partial charge in [-0.05, 0) is 61.9 Å². The highest BCUT2D eigenvalue weighted by molar-refractivity contribution is 7.98. The number of nitrogens with two attached hydrogens (primary N) is 2. The highest BCUT2D eigenvalue weighted by atomic mass is 32.2. The van der Waals surface area contributed by atoms with Crippen molar-refractivity contribution in [1.29, 1.82) is 0 Å². The molecule has 0 saturated carbocycles. The van der Waals surface area contributed by atoms with Crippen molar-refractivity contribution in [2.45, 2.75) is 62.7 Å². The van der Waals surface area contributed by atoms with Crippen molar-refractivity contribution in [3.8, 4) is 5.75 Å². The van der Waals surface area contributed by atoms with Gasteiger partial charge in [-0.15, -0.1) is 0 Å². The fourth-order valence-corrected chi connectivity index (χ4v) is 3.91. The molecule has 212 valence electrons. The Morgan fingerprint density at radius 2 is 1.42 bits per heavy atom. The molecule has 4 unspecified atom stereocenters. The molecule has 0 aliphatic heterocycles. The number of benzene rings is 1. The van der Waals surface area contributed by atoms with E-state index < -0.39 is 60.2 Å². The van der Waals surface area contributed by atoms with E-state index in [1.807, 2.05) is 0 Å². The number of rotatable bonds is 18. The summed E-state index contributed by atoms with van der Waals surface area (Å²) in [7, 11) is 0. The molecule has 10 N–H and O–H groups in total. The van der Waals surface area contributed by atoms with Crippen LogP contribution in [0.5, 0.6) is 5.75 Å². The molecule has 0 fully saturated rings. The summed E-state index contributed by atoms with van der Waals surface area (Å²) in [6, 6.07) is 1.00. The lowest BCUT2D eigenvalue weighted by molar-refractivity contribution is -0.142. The van der Waals surface area contributed by atoms with Gasteiger partial charge in [-0.3, -0.25) is 19.2 Å². The SMILES string of the molecule is CSCCC(NC(=O)C(CCCCN)NC(=O)C(N)CC(=O)O)C(=O)NC(Cc1ccc(O)cc1)C(=O)O. The molecule has 1 rings (SSSR count). The molecule has 0 spiro atoms. The van der Waals surface area contributed by atoms with Crippen LogP contribution in [0.1, 0.15) is 37.7 Å². The van der Waals surface area contributed by atoms with Crippen molar-refractivity contribution in [2.24, 2.45) is 11.5 Å². The van der Waals surface area contributed by atoms with Crippen LogP contribution in [0.15, 0.2) is 24.3 Å². The number of unbranched alkanes of at least 4 members (excludes halogenated alkanes) is 1. The van der Waals surface area contributed by atoms with Gasteiger partial charge in [0.25, 0.3) is 0 Å². The molecule has 0 heterocycles. The first-order valence-electron chi connectivity index (χ1n) is 12.1. The molecule has 0 aliphatic carbocycles. The van der Waals surface area contributed by atoms with E-state index in [9.17, 15) is 34.2 Å². The van der Waals surface area contributed by atoms with Crippen LogP contribution >= 0.6 is 11.8 Å². The lowest BCUT2D eigenvalue weighted by Gasteiger charge is -2.25. The number of carboxylic acids is 2. The Balaban J connectivity index is 3.00. The van der Waals surface area contributed by atoms with Crippen LogP contribution in [-0.2, 0) is 30.4 Å². The molecule has 1 aromatic carbocycles. The maximum Gasteiger partial charge on any atom is 0.326 e. The van der Waals surface area contributed by atoms with Crippen molar-refractivity contribution in [3.05, 3.63) is 29.8 Å². The Bertz CT molecular complexity index is 946. The first-order valence-corrected chi connectivity index (χ1v) is 13.5. The Morgan fingerprint density at radius 3 is 1.95 bits per heavy atom. The van der Waals surface area contributed by atoms with E-state index in [1.165, 1.54) is 36.0 Å². The minimum atomic E-state index is -1.37. The van der Waals surface area contributed by atoms with Crippen LogP contribution in [0.25, 0.3) is 0 Å². The van der Waals surface area contributed by atoms with Crippen molar-refractivity contribution in [1.82, 2.24) is 16.0 Å². The number of aliphatic carboxylic acids is 2. The maximum absolute atomic E-state index is 13.1. The lowest BCUT2D eigenvalue weighted by Crippen LogP contribution is -2.57. The number of nitrogens with one attached hydrogen (secondary N) is 3. The summed E-state index contributed by atoms with van der Waals surface area (Å²) in [6.07, 6.45) is 2.52. The van der Waals surface area contributed by atoms with Crippen molar-refractivity contribution in [2.75, 3.05) is 18.6 Å². The number of carbonyl (C=O) groups is 5. The summed E-state index contributed by atoms with van der Waals surface area (Å²) in [4.78, 5) is 61.2. The molecule has 0 radical (unpaired) electrons. The van der Waals surface area contributed by atoms with Crippen molar-refractivity contribution in [3.63, 3.8) is 0 Å². The minimum absolute atomic E-state index is 0.0153. The van der Waals surface area contributed by atoms with Crippen LogP contribution in [0.2, 0.25) is 0 Å². The van der Waals surface area contributed by atoms with Crippen LogP contribution in [0.4, 0.5) is 0 Å². The molecule has 14 heteroatoms. The average molecular weight is 556 g/mol. The third-order valence-corrected chi connectivity index (χ3v) is 6.19. The Hall–Kier alpha value is -3.36. The van der Waals surface area contributed by atoms with Gasteiger partial charge in [0.2, 0.25) is 17.7 Å². The van der Waals surface area contributed by atoms with E-state index in [4.69, 9.17) is 16.6 Å². The molecule has 0 aromatic heterocycles. The van der Waals surface area contributed by atoms with Crippen LogP contribution < -0.4 is 27.4 Å². The summed E-state index contributed by atoms with van der Waals surface area (Å²) in [6.45, 7) is 0.358. The highest BCUT2D eigenvalue weighted by Crippen LogP contribution is 2.12. The van der Waals surface area contributed by atoms with E-state index in [0.717, 1.165) is 0 Å². The number of hydrogen-bond donors (Lipinski definition) is 8. The molecule has 1 aromatic rings. The first kappa shape index (κ1) is 32.7. The zero-order valence-electron chi connectivity index (χ0n) is 21.2. The van der Waals surface area contributed by atoms with Gasteiger partial charge in [0.15, 0.2) is 0 Å². The van der Waals surface area contributed by atoms with E-state index in [-0.39, 0.29) is 25.0 Å². The molecule has 0 saturated heterocycles. The van der Waals surface area contributed by atoms with E-state index >= 15 is 0 Å². The van der Waals surface area contributed by atoms with Crippen LogP contribution in [0.3, 0.4) is 0 Å². The zero-order chi connectivity index (χ0) is 28.7. The smallest absolute Gasteiger partial charge is 0.326 e. The van der Waals surface area contributed by atoms with Crippen molar-refractivity contribution < 1.29 is 39.3 Å². The van der Waals surface area contributed by atoms with Crippen LogP contribution in [-0.4, -0.2) is 87.7 Å². The molecule has 38 heavy (non-hydrogen) atoms. The van der Waals surface area contributed by atoms with E-state index in [0.29, 0.717) is 30.7 Å². The summed E-state index contributed by atoms with van der Waals surface area (Å²) in [5.41, 5.74) is 11.7. The van der Waals surface area contributed by atoms with Gasteiger partial charge in [0, 0.05) is 6.42 Å². The molecular formula is C24H37N5O8S. The Kier molecular flexibility index (Phi) is 14.8. The number of carbonyl (C=O) groups excluding carboxylic acids is 3. The van der Waals surface area contributed by atoms with Gasteiger partial charge in [-0.25, -0.2) is 4.79 Å². The minimum Gasteiger partial charge on any atom is -0.508 e. The topological polar surface area (TPSA) is 234 Å². The van der Waals surface area contributed by atoms with Gasteiger partial charge < -0.3 is 42.7 Å². The fourth-order valence-electron chi connectivity index (χ4n) is 3.44. The Morgan fingerprint density at radius 1 is 0.868 bits per heavy atom. The molecule has 0 aliphatic rings. The number of amides is 3. The largest absolute Gasteiger partial charge is 0.508 e. The lowest BCUT2D eigenvalue weighted by atomic mass is 10.0. The number of phenolic OH excluding ortho intramolecular Hbond substituents is 1. The van der Waals surface area contributed by atoms with E-state index in [2.05, 4.69) is 16.0 Å². The predicted octanol–water partition coefficient (Wildman–Crippen LogP) is -0.842. The van der Waals surface area contributed by atoms with Gasteiger partial charge in [0.05, 0.1) is 12.5 Å². The van der Waals surface area contributed by atoms with Gasteiger partial charge in [-0.1, -0.05) is 12.1 Å². The zero-order valence-corrected chi connectivity index (χ0v) is 22.0. The fraction of sp³-hybridized carbons (Fsp3) is 0.542. The number of phenols is 1. The monoisotopic (exact) mass is 555 g/mol. The number of carboxylic acid groups (broad SMARTS) is 2. The number of aromatic hydroxyl groups is 1. The molecular weight excluding hydrogens is 518 g/mol. The second-order valence-electron chi connectivity index (χ2n) is 8.66. The summed E-state index contributed by atoms with van der Waals surface area (Å²) in [5.74, 6) is -4.29. The average Bonchev–Trinajstić information content (AvgIpc) is 2.86. The second kappa shape index (κ2) is 17.2. The molecule has 4 atom stereocenters. The number of thioether (sulfide) groups is 1. The van der Waals surface area contributed by atoms with Crippen LogP contribution in [0, 0.1) is 0 Å². The van der Waals surface area contributed by atoms with Gasteiger partial charge >= 0.3 is 11.9 Å². The molecule has 3 amide bonds. The summed E-state index contributed by atoms with van der Waals surface area (Å²) in [5, 5.41) is 35.4. The van der Waals surface area contributed by atoms with E-state index in [1.54, 1.807) is 6.26 Å². The molecule has 0 bridgehead atoms. The highest BCUT2D eigenvalue weighted by Gasteiger charge is 2.30. The third-order valence-electron chi connectivity index (χ3n) is 5.55. The normalized spacial score (nSPS) is 14.0. The quantitative estimate of drug-likeness (QED) is 0.104. The standard InChI is InChI=1S/C24H37N5O8S/c1-38-11-9-18(23(35)29-19(24(36)37)12-14-5-7-15(30)8-6-14)28-22(34)17(4-2-3-10-25)27-21(33)16(26)13-20(31)32/h5-8,16-19,30H,2-4,9-13,25-26H2,1H3,(H,27,33)(H,28,34)(H,29,35)(H,31,32)(H,36,37). The maximum atomic E-state index is 13.1. The Labute approximate surface area is 225 Å². The predicted molar refractivity (Wildman–Crippen MR) is 141 cm³/mol. The summed E-state index contributed by atoms with van der Waals surface area (Å²) >= 11 is 1.42. The number of hydrogen-bond acceptors (Lipinski definition) is 9.